The van der Waals surface area contributed by atoms with Crippen molar-refractivity contribution in [2.45, 2.75) is 13.3 Å². The number of sulfonamides is 1. The molecule has 0 N–H and O–H groups in total. The molecule has 0 fully saturated rings. The van der Waals surface area contributed by atoms with E-state index < -0.39 is 22.6 Å². The number of hydrogen-bond acceptors (Lipinski definition) is 6. The van der Waals surface area contributed by atoms with Crippen LogP contribution in [0, 0.1) is 0 Å². The van der Waals surface area contributed by atoms with Crippen LogP contribution >= 0.6 is 0 Å². The van der Waals surface area contributed by atoms with Gasteiger partial charge in [0.2, 0.25) is 10.0 Å². The number of esters is 1. The summed E-state index contributed by atoms with van der Waals surface area (Å²) in [6.07, 6.45) is 2.01. The van der Waals surface area contributed by atoms with E-state index in [1.54, 1.807) is 37.3 Å². The molecule has 1 aromatic carbocycles. The topological polar surface area (TPSA) is 93.6 Å². The maximum absolute atomic E-state index is 12.3. The van der Waals surface area contributed by atoms with Crippen molar-refractivity contribution in [3.8, 4) is 0 Å². The second kappa shape index (κ2) is 7.25. The molecule has 0 atom stereocenters. The lowest BCUT2D eigenvalue weighted by Crippen LogP contribution is -2.30. The van der Waals surface area contributed by atoms with E-state index in [0.717, 1.165) is 5.56 Å². The Morgan fingerprint density at radius 2 is 2.04 bits per heavy atom. The Balaban J connectivity index is 1.69. The first-order chi connectivity index (χ1) is 12.4. The van der Waals surface area contributed by atoms with Gasteiger partial charge < -0.3 is 4.74 Å². The number of fused-ring (bicyclic) bond motifs is 1. The Kier molecular flexibility index (Phi) is 5.03. The van der Waals surface area contributed by atoms with Crippen LogP contribution in [-0.2, 0) is 21.2 Å². The number of carbonyl (C=O) groups excluding carboxylic acids is 2. The molecule has 2 heterocycles. The smallest absolute Gasteiger partial charge is 0.357 e. The van der Waals surface area contributed by atoms with Crippen molar-refractivity contribution in [3.05, 3.63) is 59.4 Å². The molecule has 0 amide bonds. The Hall–Kier alpha value is -2.74. The van der Waals surface area contributed by atoms with E-state index in [2.05, 4.69) is 4.98 Å². The maximum Gasteiger partial charge on any atom is 0.357 e. The minimum atomic E-state index is -3.32. The number of ketones is 1. The van der Waals surface area contributed by atoms with Crippen LogP contribution in [0.25, 0.3) is 0 Å². The number of nitrogens with zero attached hydrogens (tertiary/aromatic N) is 2. The number of Topliss-reactive ketones (excluding diaryl/α,β-unsaturated/α-hetero) is 1. The lowest BCUT2D eigenvalue weighted by molar-refractivity contribution is 0.0469. The molecule has 0 radical (unpaired) electrons. The summed E-state index contributed by atoms with van der Waals surface area (Å²) in [5, 5.41) is 0. The number of aromatic nitrogens is 1. The first-order valence-electron chi connectivity index (χ1n) is 8.17. The molecule has 0 spiro atoms. The number of anilines is 1. The fourth-order valence-corrected chi connectivity index (χ4v) is 3.92. The molecule has 7 nitrogen and oxygen atoms in total. The first kappa shape index (κ1) is 18.1. The molecule has 1 aromatic heterocycles. The minimum Gasteiger partial charge on any atom is -0.453 e. The molecule has 136 valence electrons. The van der Waals surface area contributed by atoms with Crippen molar-refractivity contribution in [1.82, 2.24) is 4.98 Å². The van der Waals surface area contributed by atoms with Crippen molar-refractivity contribution in [3.63, 3.8) is 0 Å². The van der Waals surface area contributed by atoms with Crippen LogP contribution in [0.2, 0.25) is 0 Å². The van der Waals surface area contributed by atoms with Gasteiger partial charge in [0.15, 0.2) is 12.4 Å². The van der Waals surface area contributed by atoms with Crippen molar-refractivity contribution in [2.24, 2.45) is 0 Å². The molecule has 2 aromatic rings. The summed E-state index contributed by atoms with van der Waals surface area (Å²) >= 11 is 0. The van der Waals surface area contributed by atoms with Crippen molar-refractivity contribution < 1.29 is 22.7 Å². The summed E-state index contributed by atoms with van der Waals surface area (Å²) in [5.41, 5.74) is 1.92. The fourth-order valence-electron chi connectivity index (χ4n) is 2.76. The van der Waals surface area contributed by atoms with Crippen LogP contribution in [-0.4, -0.2) is 44.1 Å². The van der Waals surface area contributed by atoms with Gasteiger partial charge in [0.05, 0.1) is 11.4 Å². The number of ether oxygens (including phenoxy) is 1. The van der Waals surface area contributed by atoms with Crippen molar-refractivity contribution in [1.29, 1.82) is 0 Å². The predicted octanol–water partition coefficient (Wildman–Crippen LogP) is 1.83. The number of benzene rings is 1. The highest BCUT2D eigenvalue weighted by Gasteiger charge is 2.28. The van der Waals surface area contributed by atoms with Crippen LogP contribution in [0.15, 0.2) is 42.6 Å². The Labute approximate surface area is 151 Å². The van der Waals surface area contributed by atoms with Gasteiger partial charge in [0.1, 0.15) is 5.69 Å². The lowest BCUT2D eigenvalue weighted by atomic mass is 10.1. The van der Waals surface area contributed by atoms with Crippen LogP contribution in [0.3, 0.4) is 0 Å². The second-order valence-electron chi connectivity index (χ2n) is 5.78. The summed E-state index contributed by atoms with van der Waals surface area (Å²) in [5.74, 6) is -0.995. The average Bonchev–Trinajstić information content (AvgIpc) is 3.10. The highest BCUT2D eigenvalue weighted by Crippen LogP contribution is 2.31. The monoisotopic (exact) mass is 374 g/mol. The van der Waals surface area contributed by atoms with Gasteiger partial charge in [-0.1, -0.05) is 6.07 Å². The number of hydrogen-bond donors (Lipinski definition) is 0. The van der Waals surface area contributed by atoms with Gasteiger partial charge >= 0.3 is 5.97 Å². The van der Waals surface area contributed by atoms with Gasteiger partial charge in [0.25, 0.3) is 0 Å². The Morgan fingerprint density at radius 3 is 2.73 bits per heavy atom. The normalized spacial score (nSPS) is 13.3. The summed E-state index contributed by atoms with van der Waals surface area (Å²) in [4.78, 5) is 28.0. The van der Waals surface area contributed by atoms with Gasteiger partial charge in [-0.3, -0.25) is 9.10 Å². The largest absolute Gasteiger partial charge is 0.453 e. The number of pyridine rings is 1. The highest BCUT2D eigenvalue weighted by atomic mass is 32.2. The quantitative estimate of drug-likeness (QED) is 0.566. The third kappa shape index (κ3) is 3.60. The zero-order valence-corrected chi connectivity index (χ0v) is 15.0. The second-order valence-corrected chi connectivity index (χ2v) is 7.96. The van der Waals surface area contributed by atoms with Gasteiger partial charge in [-0.2, -0.15) is 0 Å². The molecule has 0 saturated carbocycles. The lowest BCUT2D eigenvalue weighted by Gasteiger charge is -2.18. The van der Waals surface area contributed by atoms with E-state index in [4.69, 9.17) is 4.74 Å². The molecular weight excluding hydrogens is 356 g/mol. The molecular formula is C18H18N2O5S. The third-order valence-electron chi connectivity index (χ3n) is 4.16. The summed E-state index contributed by atoms with van der Waals surface area (Å²) < 4.78 is 30.6. The van der Waals surface area contributed by atoms with E-state index in [-0.39, 0.29) is 17.2 Å². The third-order valence-corrected chi connectivity index (χ3v) is 5.94. The molecule has 26 heavy (non-hydrogen) atoms. The van der Waals surface area contributed by atoms with Crippen molar-refractivity contribution in [2.75, 3.05) is 23.2 Å². The molecule has 0 bridgehead atoms. The maximum atomic E-state index is 12.3. The van der Waals surface area contributed by atoms with Gasteiger partial charge in [-0.25, -0.2) is 18.2 Å². The van der Waals surface area contributed by atoms with Crippen LogP contribution in [0.4, 0.5) is 5.69 Å². The van der Waals surface area contributed by atoms with E-state index in [1.165, 1.54) is 16.6 Å². The molecule has 1 aliphatic heterocycles. The Morgan fingerprint density at radius 1 is 1.23 bits per heavy atom. The molecule has 0 aliphatic carbocycles. The van der Waals surface area contributed by atoms with Crippen molar-refractivity contribution >= 4 is 27.5 Å². The molecule has 1 aliphatic rings. The SMILES string of the molecule is CCS(=O)(=O)N1CCc2cc(C(=O)COC(=O)c3ccccn3)ccc21. The molecule has 8 heteroatoms. The molecule has 3 rings (SSSR count). The van der Waals surface area contributed by atoms with E-state index in [9.17, 15) is 18.0 Å². The summed E-state index contributed by atoms with van der Waals surface area (Å²) in [6, 6.07) is 9.68. The Bertz CT molecular complexity index is 941. The average molecular weight is 374 g/mol. The minimum absolute atomic E-state index is 0.0244. The fraction of sp³-hybridized carbons (Fsp3) is 0.278. The summed E-state index contributed by atoms with van der Waals surface area (Å²) in [7, 11) is -3.32. The van der Waals surface area contributed by atoms with Gasteiger partial charge in [-0.05, 0) is 49.2 Å². The van der Waals surface area contributed by atoms with Crippen LogP contribution in [0.5, 0.6) is 0 Å². The predicted molar refractivity (Wildman–Crippen MR) is 95.8 cm³/mol. The van der Waals surface area contributed by atoms with E-state index in [1.807, 2.05) is 0 Å². The first-order valence-corrected chi connectivity index (χ1v) is 9.78. The van der Waals surface area contributed by atoms with E-state index in [0.29, 0.717) is 24.2 Å². The van der Waals surface area contributed by atoms with Crippen LogP contribution < -0.4 is 4.31 Å². The van der Waals surface area contributed by atoms with E-state index >= 15 is 0 Å². The molecule has 0 saturated heterocycles. The van der Waals surface area contributed by atoms with Gasteiger partial charge in [-0.15, -0.1) is 0 Å². The van der Waals surface area contributed by atoms with Crippen LogP contribution in [0.1, 0.15) is 33.3 Å². The standard InChI is InChI=1S/C18H18N2O5S/c1-2-26(23,24)20-10-8-13-11-14(6-7-16(13)20)17(21)12-25-18(22)15-5-3-4-9-19-15/h3-7,9,11H,2,8,10,12H2,1H3. The zero-order chi connectivity index (χ0) is 18.7. The van der Waals surface area contributed by atoms with Gasteiger partial charge in [0, 0.05) is 18.3 Å². The number of rotatable bonds is 6. The highest BCUT2D eigenvalue weighted by molar-refractivity contribution is 7.92. The summed E-state index contributed by atoms with van der Waals surface area (Å²) in [6.45, 7) is 1.57. The number of carbonyl (C=O) groups is 2. The zero-order valence-electron chi connectivity index (χ0n) is 14.2. The molecule has 0 unspecified atom stereocenters.